The van der Waals surface area contributed by atoms with Crippen molar-refractivity contribution >= 4 is 17.9 Å². The lowest BCUT2D eigenvalue weighted by molar-refractivity contribution is -0.167. The van der Waals surface area contributed by atoms with E-state index in [9.17, 15) is 14.4 Å². The highest BCUT2D eigenvalue weighted by Gasteiger charge is 2.19. The minimum absolute atomic E-state index is 0.0618. The Morgan fingerprint density at radius 3 is 0.656 bits per heavy atom. The van der Waals surface area contributed by atoms with Crippen molar-refractivity contribution in [1.82, 2.24) is 0 Å². The van der Waals surface area contributed by atoms with Crippen LogP contribution in [0.15, 0.2) is 0 Å². The fraction of sp³-hybridized carbons (Fsp3) is 0.945. The molecule has 1 atom stereocenters. The Balaban J connectivity index is 4.16. The van der Waals surface area contributed by atoms with Crippen LogP contribution in [0.4, 0.5) is 0 Å². The molecule has 0 aliphatic heterocycles. The van der Waals surface area contributed by atoms with Crippen LogP contribution in [0.5, 0.6) is 0 Å². The molecule has 61 heavy (non-hydrogen) atoms. The predicted octanol–water partition coefficient (Wildman–Crippen LogP) is 18.0. The Bertz CT molecular complexity index is 905. The van der Waals surface area contributed by atoms with Gasteiger partial charge in [0.2, 0.25) is 0 Å². The van der Waals surface area contributed by atoms with Gasteiger partial charge in [-0.05, 0) is 19.3 Å². The van der Waals surface area contributed by atoms with Gasteiger partial charge in [-0.2, -0.15) is 0 Å². The Hall–Kier alpha value is -1.59. The minimum atomic E-state index is -0.759. The van der Waals surface area contributed by atoms with Crippen molar-refractivity contribution in [1.29, 1.82) is 0 Å². The van der Waals surface area contributed by atoms with E-state index >= 15 is 0 Å². The molecule has 0 radical (unpaired) electrons. The second-order valence-electron chi connectivity index (χ2n) is 18.9. The molecule has 0 bridgehead atoms. The highest BCUT2D eigenvalue weighted by Crippen LogP contribution is 2.17. The third-order valence-electron chi connectivity index (χ3n) is 12.6. The van der Waals surface area contributed by atoms with Gasteiger partial charge >= 0.3 is 17.9 Å². The fourth-order valence-corrected chi connectivity index (χ4v) is 8.45. The first-order chi connectivity index (χ1) is 30.0. The number of carbonyl (C=O) groups excluding carboxylic acids is 3. The summed E-state index contributed by atoms with van der Waals surface area (Å²) < 4.78 is 16.8. The van der Waals surface area contributed by atoms with Crippen LogP contribution < -0.4 is 0 Å². The number of hydrogen-bond donors (Lipinski definition) is 0. The molecule has 0 aliphatic rings. The lowest BCUT2D eigenvalue weighted by atomic mass is 10.0. The van der Waals surface area contributed by atoms with Gasteiger partial charge in [-0.1, -0.05) is 278 Å². The maximum absolute atomic E-state index is 12.8. The first-order valence-corrected chi connectivity index (χ1v) is 27.5. The molecule has 362 valence electrons. The van der Waals surface area contributed by atoms with Gasteiger partial charge in [0.25, 0.3) is 0 Å². The largest absolute Gasteiger partial charge is 0.462 e. The lowest BCUT2D eigenvalue weighted by Crippen LogP contribution is -2.30. The van der Waals surface area contributed by atoms with Gasteiger partial charge < -0.3 is 14.2 Å². The van der Waals surface area contributed by atoms with E-state index in [1.54, 1.807) is 0 Å². The number of ether oxygens (including phenoxy) is 3. The molecule has 1 unspecified atom stereocenters. The zero-order chi connectivity index (χ0) is 44.4. The highest BCUT2D eigenvalue weighted by molar-refractivity contribution is 5.71. The Kier molecular flexibility index (Phi) is 49.7. The highest BCUT2D eigenvalue weighted by atomic mass is 16.6. The molecule has 0 aromatic heterocycles. The predicted molar refractivity (Wildman–Crippen MR) is 261 cm³/mol. The van der Waals surface area contributed by atoms with E-state index in [2.05, 4.69) is 20.8 Å². The molecule has 0 N–H and O–H groups in total. The van der Waals surface area contributed by atoms with Crippen molar-refractivity contribution in [3.05, 3.63) is 0 Å². The third kappa shape index (κ3) is 49.3. The summed E-state index contributed by atoms with van der Waals surface area (Å²) in [5.74, 6) is -0.841. The van der Waals surface area contributed by atoms with Crippen LogP contribution in [0, 0.1) is 0 Å². The maximum atomic E-state index is 12.8. The summed E-state index contributed by atoms with van der Waals surface area (Å²) in [4.78, 5) is 37.9. The molecule has 0 saturated heterocycles. The van der Waals surface area contributed by atoms with Crippen molar-refractivity contribution in [2.24, 2.45) is 0 Å². The Morgan fingerprint density at radius 2 is 0.443 bits per heavy atom. The van der Waals surface area contributed by atoms with E-state index < -0.39 is 6.10 Å². The van der Waals surface area contributed by atoms with Crippen molar-refractivity contribution < 1.29 is 28.6 Å². The van der Waals surface area contributed by atoms with Crippen LogP contribution in [-0.4, -0.2) is 37.2 Å². The standard InChI is InChI=1S/C55H106O6/c1-4-7-10-13-16-19-21-23-24-25-26-27-28-29-30-32-33-36-39-42-45-48-54(57)60-51-52(50-59-53(56)47-44-41-38-35-18-15-12-9-6-3)61-55(58)49-46-43-40-37-34-31-22-20-17-14-11-8-5-2/h52H,4-51H2,1-3H3. The maximum Gasteiger partial charge on any atom is 0.306 e. The smallest absolute Gasteiger partial charge is 0.306 e. The van der Waals surface area contributed by atoms with E-state index in [4.69, 9.17) is 14.2 Å². The summed E-state index contributed by atoms with van der Waals surface area (Å²) in [6.07, 6.45) is 55.3. The third-order valence-corrected chi connectivity index (χ3v) is 12.6. The molecule has 0 rings (SSSR count). The molecule has 0 spiro atoms. The summed E-state index contributed by atoms with van der Waals surface area (Å²) in [6.45, 7) is 6.67. The summed E-state index contributed by atoms with van der Waals surface area (Å²) in [5.41, 5.74) is 0. The number of esters is 3. The monoisotopic (exact) mass is 863 g/mol. The van der Waals surface area contributed by atoms with Gasteiger partial charge in [0, 0.05) is 19.3 Å². The topological polar surface area (TPSA) is 78.9 Å². The summed E-state index contributed by atoms with van der Waals surface area (Å²) in [7, 11) is 0. The van der Waals surface area contributed by atoms with Crippen molar-refractivity contribution in [2.45, 2.75) is 322 Å². The van der Waals surface area contributed by atoms with E-state index in [0.717, 1.165) is 57.8 Å². The summed E-state index contributed by atoms with van der Waals surface area (Å²) >= 11 is 0. The van der Waals surface area contributed by atoms with Crippen LogP contribution in [-0.2, 0) is 28.6 Å². The van der Waals surface area contributed by atoms with Gasteiger partial charge in [0.15, 0.2) is 6.10 Å². The van der Waals surface area contributed by atoms with Gasteiger partial charge in [-0.15, -0.1) is 0 Å². The second kappa shape index (κ2) is 51.0. The van der Waals surface area contributed by atoms with Crippen LogP contribution in [0.25, 0.3) is 0 Å². The quantitative estimate of drug-likeness (QED) is 0.0344. The van der Waals surface area contributed by atoms with E-state index in [1.807, 2.05) is 0 Å². The van der Waals surface area contributed by atoms with Crippen LogP contribution >= 0.6 is 0 Å². The molecular formula is C55H106O6. The SMILES string of the molecule is CCCCCCCCCCCCCCCCCCCCCCCC(=O)OCC(COC(=O)CCCCCCCCCCC)OC(=O)CCCCCCCCCCCCCCC. The van der Waals surface area contributed by atoms with Crippen molar-refractivity contribution in [2.75, 3.05) is 13.2 Å². The molecular weight excluding hydrogens is 757 g/mol. The molecule has 0 aliphatic carbocycles. The van der Waals surface area contributed by atoms with E-state index in [1.165, 1.54) is 218 Å². The molecule has 0 saturated carbocycles. The minimum Gasteiger partial charge on any atom is -0.462 e. The second-order valence-corrected chi connectivity index (χ2v) is 18.9. The number of carbonyl (C=O) groups is 3. The van der Waals surface area contributed by atoms with Gasteiger partial charge in [0.1, 0.15) is 13.2 Å². The van der Waals surface area contributed by atoms with Crippen LogP contribution in [0.3, 0.4) is 0 Å². The molecule has 0 fully saturated rings. The van der Waals surface area contributed by atoms with E-state index in [-0.39, 0.29) is 31.1 Å². The molecule has 0 aromatic rings. The van der Waals surface area contributed by atoms with Crippen LogP contribution in [0.2, 0.25) is 0 Å². The van der Waals surface area contributed by atoms with Crippen molar-refractivity contribution in [3.63, 3.8) is 0 Å². The number of unbranched alkanes of at least 4 members (excludes halogenated alkanes) is 40. The average Bonchev–Trinajstić information content (AvgIpc) is 3.26. The summed E-state index contributed by atoms with van der Waals surface area (Å²) in [6, 6.07) is 0. The first-order valence-electron chi connectivity index (χ1n) is 27.5. The molecule has 6 nitrogen and oxygen atoms in total. The zero-order valence-corrected chi connectivity index (χ0v) is 41.5. The molecule has 6 heteroatoms. The lowest BCUT2D eigenvalue weighted by Gasteiger charge is -2.18. The average molecular weight is 863 g/mol. The van der Waals surface area contributed by atoms with Crippen molar-refractivity contribution in [3.8, 4) is 0 Å². The zero-order valence-electron chi connectivity index (χ0n) is 41.5. The fourth-order valence-electron chi connectivity index (χ4n) is 8.45. The molecule has 0 heterocycles. The Labute approximate surface area is 380 Å². The van der Waals surface area contributed by atoms with Crippen LogP contribution in [0.1, 0.15) is 316 Å². The molecule has 0 amide bonds. The number of hydrogen-bond acceptors (Lipinski definition) is 6. The molecule has 0 aromatic carbocycles. The first kappa shape index (κ1) is 59.4. The van der Waals surface area contributed by atoms with Gasteiger partial charge in [-0.3, -0.25) is 14.4 Å². The summed E-state index contributed by atoms with van der Waals surface area (Å²) in [5, 5.41) is 0. The van der Waals surface area contributed by atoms with Gasteiger partial charge in [-0.25, -0.2) is 0 Å². The Morgan fingerprint density at radius 1 is 0.262 bits per heavy atom. The number of rotatable bonds is 51. The normalized spacial score (nSPS) is 11.9. The van der Waals surface area contributed by atoms with Gasteiger partial charge in [0.05, 0.1) is 0 Å². The van der Waals surface area contributed by atoms with E-state index in [0.29, 0.717) is 19.3 Å².